The highest BCUT2D eigenvalue weighted by Gasteiger charge is 2.25. The van der Waals surface area contributed by atoms with E-state index >= 15 is 0 Å². The van der Waals surface area contributed by atoms with E-state index in [1.807, 2.05) is 16.8 Å². The maximum Gasteiger partial charge on any atom is 0.341 e. The van der Waals surface area contributed by atoms with Crippen molar-refractivity contribution < 1.29 is 14.6 Å². The molecule has 0 saturated carbocycles. The first-order chi connectivity index (χ1) is 12.5. The van der Waals surface area contributed by atoms with Gasteiger partial charge in [0.2, 0.25) is 0 Å². The number of benzene rings is 1. The fourth-order valence-corrected chi connectivity index (χ4v) is 3.46. The summed E-state index contributed by atoms with van der Waals surface area (Å²) in [6.07, 6.45) is 3.06. The molecule has 1 aromatic carbocycles. The summed E-state index contributed by atoms with van der Waals surface area (Å²) in [5.41, 5.74) is 4.58. The summed E-state index contributed by atoms with van der Waals surface area (Å²) in [5.74, 6) is -0.350. The Kier molecular flexibility index (Phi) is 5.74. The molecule has 1 aliphatic heterocycles. The molecule has 0 amide bonds. The third kappa shape index (κ3) is 3.81. The minimum absolute atomic E-state index is 0.313. The van der Waals surface area contributed by atoms with Crippen molar-refractivity contribution in [3.63, 3.8) is 0 Å². The van der Waals surface area contributed by atoms with E-state index < -0.39 is 0 Å². The van der Waals surface area contributed by atoms with Gasteiger partial charge in [-0.3, -0.25) is 4.90 Å². The van der Waals surface area contributed by atoms with Gasteiger partial charge in [-0.2, -0.15) is 5.10 Å². The number of aliphatic hydroxyl groups is 1. The van der Waals surface area contributed by atoms with Gasteiger partial charge in [0.05, 0.1) is 30.3 Å². The van der Waals surface area contributed by atoms with Crippen molar-refractivity contribution in [2.75, 3.05) is 19.7 Å². The lowest BCUT2D eigenvalue weighted by Gasteiger charge is -2.30. The van der Waals surface area contributed by atoms with Crippen molar-refractivity contribution >= 4 is 5.97 Å². The molecule has 0 radical (unpaired) electrons. The lowest BCUT2D eigenvalue weighted by molar-refractivity contribution is 0.0517. The van der Waals surface area contributed by atoms with Crippen LogP contribution < -0.4 is 0 Å². The Hall–Kier alpha value is -2.18. The first kappa shape index (κ1) is 18.6. The van der Waals surface area contributed by atoms with Crippen molar-refractivity contribution in [3.05, 3.63) is 46.8 Å². The molecule has 0 bridgehead atoms. The second kappa shape index (κ2) is 8.01. The first-order valence-electron chi connectivity index (χ1n) is 9.22. The fraction of sp³-hybridized carbons (Fsp3) is 0.500. The first-order valence-corrected chi connectivity index (χ1v) is 9.22. The highest BCUT2D eigenvalue weighted by atomic mass is 16.5. The smallest absolute Gasteiger partial charge is 0.341 e. The van der Waals surface area contributed by atoms with E-state index in [2.05, 4.69) is 29.9 Å². The predicted octanol–water partition coefficient (Wildman–Crippen LogP) is 2.62. The zero-order valence-electron chi connectivity index (χ0n) is 15.7. The Balaban J connectivity index is 2.01. The number of aryl methyl sites for hydroxylation is 1. The number of aliphatic hydroxyl groups excluding tert-OH is 1. The van der Waals surface area contributed by atoms with Gasteiger partial charge in [0, 0.05) is 13.1 Å². The van der Waals surface area contributed by atoms with E-state index in [0.717, 1.165) is 36.3 Å². The van der Waals surface area contributed by atoms with Crippen LogP contribution in [-0.4, -0.2) is 51.6 Å². The van der Waals surface area contributed by atoms with E-state index in [-0.39, 0.29) is 12.1 Å². The van der Waals surface area contributed by atoms with E-state index in [1.165, 1.54) is 5.56 Å². The number of nitrogens with zero attached hydrogens (tertiary/aromatic N) is 3. The number of β-amino-alcohol motifs (C(OH)–C–C–N with tert-alkyl or cyclic N) is 1. The van der Waals surface area contributed by atoms with Crippen molar-refractivity contribution in [1.29, 1.82) is 0 Å². The van der Waals surface area contributed by atoms with Gasteiger partial charge in [0.15, 0.2) is 0 Å². The van der Waals surface area contributed by atoms with Crippen molar-refractivity contribution in [1.82, 2.24) is 14.7 Å². The van der Waals surface area contributed by atoms with Gasteiger partial charge in [0.1, 0.15) is 5.56 Å². The highest BCUT2D eigenvalue weighted by Crippen LogP contribution is 2.23. The minimum atomic E-state index is -0.350. The summed E-state index contributed by atoms with van der Waals surface area (Å²) < 4.78 is 7.06. The number of rotatable bonds is 5. The molecule has 1 aliphatic rings. The normalized spacial score (nSPS) is 18.1. The standard InChI is InChI=1S/C20H27N3O3/c1-4-26-20(25)17-11-21-23(18-9-5-7-14(2)15(18)3)19(17)13-22-10-6-8-16(24)12-22/h5,7,9,11,16,24H,4,6,8,10,12-13H2,1-3H3/t16-/m0/s1. The van der Waals surface area contributed by atoms with Gasteiger partial charge >= 0.3 is 5.97 Å². The fourth-order valence-electron chi connectivity index (χ4n) is 3.46. The molecule has 140 valence electrons. The van der Waals surface area contributed by atoms with E-state index in [4.69, 9.17) is 4.74 Å². The molecule has 1 aromatic heterocycles. The second-order valence-corrected chi connectivity index (χ2v) is 6.89. The largest absolute Gasteiger partial charge is 0.462 e. The summed E-state index contributed by atoms with van der Waals surface area (Å²) >= 11 is 0. The third-order valence-corrected chi connectivity index (χ3v) is 5.02. The maximum absolute atomic E-state index is 12.4. The van der Waals surface area contributed by atoms with E-state index in [0.29, 0.717) is 25.3 Å². The number of aromatic nitrogens is 2. The van der Waals surface area contributed by atoms with Crippen LogP contribution in [0.15, 0.2) is 24.4 Å². The average molecular weight is 357 g/mol. The van der Waals surface area contributed by atoms with Crippen molar-refractivity contribution in [3.8, 4) is 5.69 Å². The predicted molar refractivity (Wildman–Crippen MR) is 99.5 cm³/mol. The molecule has 2 aromatic rings. The third-order valence-electron chi connectivity index (χ3n) is 5.02. The molecule has 6 nitrogen and oxygen atoms in total. The molecule has 6 heteroatoms. The number of esters is 1. The van der Waals surface area contributed by atoms with Crippen LogP contribution in [0, 0.1) is 13.8 Å². The van der Waals surface area contributed by atoms with Gasteiger partial charge in [-0.05, 0) is 57.4 Å². The molecule has 0 aliphatic carbocycles. The Bertz CT molecular complexity index is 785. The van der Waals surface area contributed by atoms with Crippen LogP contribution in [0.1, 0.15) is 46.9 Å². The topological polar surface area (TPSA) is 67.6 Å². The summed E-state index contributed by atoms with van der Waals surface area (Å²) in [7, 11) is 0. The van der Waals surface area contributed by atoms with Crippen molar-refractivity contribution in [2.45, 2.75) is 46.3 Å². The van der Waals surface area contributed by atoms with Crippen LogP contribution in [0.5, 0.6) is 0 Å². The van der Waals surface area contributed by atoms with E-state index in [1.54, 1.807) is 13.1 Å². The van der Waals surface area contributed by atoms with Gasteiger partial charge in [-0.15, -0.1) is 0 Å². The molecular formula is C20H27N3O3. The Morgan fingerprint density at radius 2 is 2.19 bits per heavy atom. The quantitative estimate of drug-likeness (QED) is 0.833. The molecule has 26 heavy (non-hydrogen) atoms. The summed E-state index contributed by atoms with van der Waals surface area (Å²) in [6.45, 7) is 8.32. The highest BCUT2D eigenvalue weighted by molar-refractivity contribution is 5.90. The molecule has 1 N–H and O–H groups in total. The number of carbonyl (C=O) groups is 1. The molecule has 1 atom stereocenters. The molecule has 0 spiro atoms. The van der Waals surface area contributed by atoms with Crippen molar-refractivity contribution in [2.24, 2.45) is 0 Å². The Labute approximate surface area is 154 Å². The molecule has 3 rings (SSSR count). The molecule has 1 fully saturated rings. The lowest BCUT2D eigenvalue weighted by atomic mass is 10.1. The zero-order valence-corrected chi connectivity index (χ0v) is 15.7. The monoisotopic (exact) mass is 357 g/mol. The molecular weight excluding hydrogens is 330 g/mol. The number of piperidine rings is 1. The number of hydrogen-bond donors (Lipinski definition) is 1. The van der Waals surface area contributed by atoms with E-state index in [9.17, 15) is 9.90 Å². The summed E-state index contributed by atoms with van der Waals surface area (Å²) in [6, 6.07) is 6.08. The van der Waals surface area contributed by atoms with Crippen LogP contribution in [0.25, 0.3) is 5.69 Å². The Morgan fingerprint density at radius 3 is 2.92 bits per heavy atom. The van der Waals surface area contributed by atoms with Crippen LogP contribution in [-0.2, 0) is 11.3 Å². The van der Waals surface area contributed by atoms with Crippen LogP contribution in [0.2, 0.25) is 0 Å². The number of ether oxygens (including phenoxy) is 1. The van der Waals surface area contributed by atoms with Gasteiger partial charge in [-0.25, -0.2) is 9.48 Å². The number of hydrogen-bond acceptors (Lipinski definition) is 5. The van der Waals surface area contributed by atoms with Gasteiger partial charge in [0.25, 0.3) is 0 Å². The van der Waals surface area contributed by atoms with Gasteiger partial charge < -0.3 is 9.84 Å². The van der Waals surface area contributed by atoms with Crippen LogP contribution >= 0.6 is 0 Å². The molecule has 2 heterocycles. The molecule has 1 saturated heterocycles. The lowest BCUT2D eigenvalue weighted by Crippen LogP contribution is -2.38. The second-order valence-electron chi connectivity index (χ2n) is 6.89. The zero-order chi connectivity index (χ0) is 18.7. The van der Waals surface area contributed by atoms with Crippen LogP contribution in [0.4, 0.5) is 0 Å². The summed E-state index contributed by atoms with van der Waals surface area (Å²) in [5, 5.41) is 14.5. The number of likely N-dealkylation sites (tertiary alicyclic amines) is 1. The molecule has 0 unspecified atom stereocenters. The van der Waals surface area contributed by atoms with Crippen LogP contribution in [0.3, 0.4) is 0 Å². The average Bonchev–Trinajstić information content (AvgIpc) is 3.01. The number of carbonyl (C=O) groups excluding carboxylic acids is 1. The maximum atomic E-state index is 12.4. The van der Waals surface area contributed by atoms with Gasteiger partial charge in [-0.1, -0.05) is 12.1 Å². The SMILES string of the molecule is CCOC(=O)c1cnn(-c2cccc(C)c2C)c1CN1CCC[C@H](O)C1. The Morgan fingerprint density at radius 1 is 1.38 bits per heavy atom. The minimum Gasteiger partial charge on any atom is -0.462 e. The summed E-state index contributed by atoms with van der Waals surface area (Å²) in [4.78, 5) is 14.6.